The van der Waals surface area contributed by atoms with Crippen LogP contribution in [-0.2, 0) is 14.8 Å². The van der Waals surface area contributed by atoms with E-state index in [-0.39, 0.29) is 23.9 Å². The minimum Gasteiger partial charge on any atom is -0.353 e. The van der Waals surface area contributed by atoms with Crippen molar-refractivity contribution in [1.29, 1.82) is 0 Å². The molecule has 3 heterocycles. The summed E-state index contributed by atoms with van der Waals surface area (Å²) in [5.74, 6) is -0.763. The molecule has 2 amide bonds. The Hall–Kier alpha value is -3.35. The maximum absolute atomic E-state index is 13.3. The van der Waals surface area contributed by atoms with E-state index in [0.29, 0.717) is 42.8 Å². The van der Waals surface area contributed by atoms with Gasteiger partial charge in [-0.1, -0.05) is 17.7 Å². The van der Waals surface area contributed by atoms with Crippen LogP contribution in [0, 0.1) is 20.8 Å². The monoisotopic (exact) mass is 513 g/mol. The summed E-state index contributed by atoms with van der Waals surface area (Å²) in [5.41, 5.74) is 2.22. The number of hydrogen-bond donors (Lipinski definition) is 4. The number of aryl methyl sites for hydroxylation is 3. The number of rotatable bonds is 8. The molecule has 0 unspecified atom stereocenters. The van der Waals surface area contributed by atoms with Gasteiger partial charge < -0.3 is 16.0 Å². The van der Waals surface area contributed by atoms with Gasteiger partial charge in [0.25, 0.3) is 5.91 Å². The van der Waals surface area contributed by atoms with Crippen molar-refractivity contribution >= 4 is 27.5 Å². The van der Waals surface area contributed by atoms with Crippen molar-refractivity contribution in [3.63, 3.8) is 0 Å². The average molecular weight is 514 g/mol. The molecule has 3 aromatic rings. The van der Waals surface area contributed by atoms with Crippen LogP contribution in [0.4, 0.5) is 0 Å². The van der Waals surface area contributed by atoms with Crippen molar-refractivity contribution < 1.29 is 18.0 Å². The second-order valence-electron chi connectivity index (χ2n) is 9.07. The quantitative estimate of drug-likeness (QED) is 0.323. The van der Waals surface area contributed by atoms with Gasteiger partial charge in [-0.15, -0.1) is 0 Å². The van der Waals surface area contributed by atoms with E-state index in [2.05, 4.69) is 30.8 Å². The topological polar surface area (TPSA) is 147 Å². The third kappa shape index (κ3) is 5.40. The Morgan fingerprint density at radius 2 is 1.78 bits per heavy atom. The second kappa shape index (κ2) is 10.3. The summed E-state index contributed by atoms with van der Waals surface area (Å²) in [5, 5.41) is 13.3. The smallest absolute Gasteiger partial charge is 0.255 e. The predicted octanol–water partition coefficient (Wildman–Crippen LogP) is 0.601. The molecular weight excluding hydrogens is 482 g/mol. The molecule has 1 saturated heterocycles. The molecule has 0 radical (unpaired) electrons. The normalized spacial score (nSPS) is 15.5. The Bertz CT molecular complexity index is 1380. The molecule has 192 valence electrons. The molecule has 2 aromatic heterocycles. The summed E-state index contributed by atoms with van der Waals surface area (Å²) < 4.78 is 29.1. The average Bonchev–Trinajstić information content (AvgIpc) is 3.24. The number of aromatic nitrogens is 3. The molecule has 1 aromatic carbocycles. The Morgan fingerprint density at radius 3 is 2.47 bits per heavy atom. The van der Waals surface area contributed by atoms with Gasteiger partial charge in [-0.25, -0.2) is 22.6 Å². The van der Waals surface area contributed by atoms with E-state index in [9.17, 15) is 18.0 Å². The fourth-order valence-corrected chi connectivity index (χ4v) is 5.30. The van der Waals surface area contributed by atoms with Crippen LogP contribution >= 0.6 is 0 Å². The van der Waals surface area contributed by atoms with Crippen molar-refractivity contribution in [3.8, 4) is 0 Å². The number of hydrogen-bond acceptors (Lipinski definition) is 7. The number of nitrogens with one attached hydrogen (secondary N) is 4. The highest BCUT2D eigenvalue weighted by Gasteiger charge is 2.41. The van der Waals surface area contributed by atoms with Gasteiger partial charge in [0.15, 0.2) is 5.65 Å². The van der Waals surface area contributed by atoms with Crippen molar-refractivity contribution in [2.45, 2.75) is 44.0 Å². The van der Waals surface area contributed by atoms with Crippen LogP contribution < -0.4 is 20.7 Å². The number of piperidine rings is 1. The molecule has 4 N–H and O–H groups in total. The first-order valence-corrected chi connectivity index (χ1v) is 13.3. The van der Waals surface area contributed by atoms with E-state index in [1.54, 1.807) is 23.6 Å². The third-order valence-electron chi connectivity index (χ3n) is 6.37. The third-order valence-corrected chi connectivity index (χ3v) is 7.85. The van der Waals surface area contributed by atoms with Crippen LogP contribution in [0.1, 0.15) is 40.2 Å². The van der Waals surface area contributed by atoms with Crippen LogP contribution in [0.2, 0.25) is 0 Å². The van der Waals surface area contributed by atoms with E-state index < -0.39 is 21.5 Å². The summed E-state index contributed by atoms with van der Waals surface area (Å²) in [6, 6.07) is 8.34. The number of nitrogens with zero attached hydrogens (tertiary/aromatic N) is 3. The van der Waals surface area contributed by atoms with E-state index in [4.69, 9.17) is 0 Å². The Labute approximate surface area is 210 Å². The maximum Gasteiger partial charge on any atom is 0.255 e. The Morgan fingerprint density at radius 1 is 1.08 bits per heavy atom. The molecule has 12 heteroatoms. The Balaban J connectivity index is 1.42. The van der Waals surface area contributed by atoms with Gasteiger partial charge in [0.2, 0.25) is 15.9 Å². The summed E-state index contributed by atoms with van der Waals surface area (Å²) >= 11 is 0. The SMILES string of the molecule is Cc1ccc(S(=O)(=O)NCCNC(=O)C2(NC(=O)c3cnc4cc(C)nn4c3C)CCNCC2)cc1. The van der Waals surface area contributed by atoms with Crippen molar-refractivity contribution in [2.75, 3.05) is 26.2 Å². The zero-order chi connectivity index (χ0) is 25.9. The molecule has 1 aliphatic heterocycles. The van der Waals surface area contributed by atoms with Crippen LogP contribution in [0.3, 0.4) is 0 Å². The lowest BCUT2D eigenvalue weighted by Crippen LogP contribution is -2.63. The van der Waals surface area contributed by atoms with E-state index in [1.807, 2.05) is 19.9 Å². The predicted molar refractivity (Wildman–Crippen MR) is 134 cm³/mol. The minimum absolute atomic E-state index is 0.0164. The summed E-state index contributed by atoms with van der Waals surface area (Å²) in [6.45, 7) is 6.72. The van der Waals surface area contributed by atoms with Gasteiger partial charge in [0.1, 0.15) is 5.54 Å². The molecule has 1 aliphatic rings. The number of carbonyl (C=O) groups is 2. The lowest BCUT2D eigenvalue weighted by Gasteiger charge is -2.37. The first-order chi connectivity index (χ1) is 17.1. The molecule has 0 saturated carbocycles. The highest BCUT2D eigenvalue weighted by atomic mass is 32.2. The minimum atomic E-state index is -3.69. The van der Waals surface area contributed by atoms with Gasteiger partial charge in [-0.2, -0.15) is 5.10 Å². The largest absolute Gasteiger partial charge is 0.353 e. The lowest BCUT2D eigenvalue weighted by atomic mass is 9.86. The first-order valence-electron chi connectivity index (χ1n) is 11.8. The zero-order valence-electron chi connectivity index (χ0n) is 20.6. The number of sulfonamides is 1. The first kappa shape index (κ1) is 25.7. The zero-order valence-corrected chi connectivity index (χ0v) is 21.4. The van der Waals surface area contributed by atoms with Gasteiger partial charge in [0, 0.05) is 25.4 Å². The van der Waals surface area contributed by atoms with Gasteiger partial charge >= 0.3 is 0 Å². The summed E-state index contributed by atoms with van der Waals surface area (Å²) in [7, 11) is -3.69. The van der Waals surface area contributed by atoms with E-state index >= 15 is 0 Å². The van der Waals surface area contributed by atoms with Crippen LogP contribution in [-0.4, -0.2) is 66.5 Å². The van der Waals surface area contributed by atoms with Gasteiger partial charge in [0.05, 0.1) is 21.8 Å². The fraction of sp³-hybridized carbons (Fsp3) is 0.417. The molecule has 0 aliphatic carbocycles. The van der Waals surface area contributed by atoms with Crippen molar-refractivity contribution in [2.24, 2.45) is 0 Å². The molecule has 0 bridgehead atoms. The number of amides is 2. The maximum atomic E-state index is 13.3. The van der Waals surface area contributed by atoms with Crippen LogP contribution in [0.15, 0.2) is 41.4 Å². The number of fused-ring (bicyclic) bond motifs is 1. The standard InChI is InChI=1S/C24H31N7O4S/c1-16-4-6-19(7-5-16)36(34,35)28-13-12-26-23(33)24(8-10-25-11-9-24)29-22(32)20-15-27-21-14-17(2)30-31(21)18(20)3/h4-7,14-15,25,28H,8-13H2,1-3H3,(H,26,33)(H,29,32). The molecule has 36 heavy (non-hydrogen) atoms. The summed E-state index contributed by atoms with van der Waals surface area (Å²) in [6.07, 6.45) is 2.29. The van der Waals surface area contributed by atoms with Gasteiger partial charge in [-0.05, 0) is 58.8 Å². The Kier molecular flexibility index (Phi) is 7.38. The van der Waals surface area contributed by atoms with Gasteiger partial charge in [-0.3, -0.25) is 9.59 Å². The second-order valence-corrected chi connectivity index (χ2v) is 10.8. The molecule has 0 atom stereocenters. The van der Waals surface area contributed by atoms with E-state index in [1.165, 1.54) is 18.3 Å². The lowest BCUT2D eigenvalue weighted by molar-refractivity contribution is -0.128. The highest BCUT2D eigenvalue weighted by molar-refractivity contribution is 7.89. The van der Waals surface area contributed by atoms with Crippen molar-refractivity contribution in [3.05, 3.63) is 59.0 Å². The summed E-state index contributed by atoms with van der Waals surface area (Å²) in [4.78, 5) is 31.0. The molecule has 11 nitrogen and oxygen atoms in total. The molecule has 0 spiro atoms. The van der Waals surface area contributed by atoms with Crippen LogP contribution in [0.5, 0.6) is 0 Å². The van der Waals surface area contributed by atoms with Crippen molar-refractivity contribution in [1.82, 2.24) is 35.3 Å². The number of benzene rings is 1. The number of carbonyl (C=O) groups excluding carboxylic acids is 2. The van der Waals surface area contributed by atoms with E-state index in [0.717, 1.165) is 11.3 Å². The fourth-order valence-electron chi connectivity index (χ4n) is 4.26. The molecular formula is C24H31N7O4S. The highest BCUT2D eigenvalue weighted by Crippen LogP contribution is 2.21. The van der Waals surface area contributed by atoms with Crippen LogP contribution in [0.25, 0.3) is 5.65 Å². The molecule has 4 rings (SSSR count). The molecule has 1 fully saturated rings.